The first-order valence-electron chi connectivity index (χ1n) is 5.08. The number of benzene rings is 1. The Morgan fingerprint density at radius 3 is 2.69 bits per heavy atom. The highest BCUT2D eigenvalue weighted by atomic mass is 35.5. The van der Waals surface area contributed by atoms with Gasteiger partial charge in [0.2, 0.25) is 0 Å². The zero-order chi connectivity index (χ0) is 11.7. The summed E-state index contributed by atoms with van der Waals surface area (Å²) in [5.74, 6) is 0. The Kier molecular flexibility index (Phi) is 2.99. The maximum Gasteiger partial charge on any atom is 0.0889 e. The van der Waals surface area contributed by atoms with Gasteiger partial charge in [0.25, 0.3) is 0 Å². The molecule has 2 aromatic rings. The SMILES string of the molecule is Cc1ccn(-c2c(Cl)cccc2[C@H](C)O)n1. The van der Waals surface area contributed by atoms with E-state index < -0.39 is 6.10 Å². The van der Waals surface area contributed by atoms with Crippen LogP contribution >= 0.6 is 11.6 Å². The largest absolute Gasteiger partial charge is 0.389 e. The van der Waals surface area contributed by atoms with Crippen LogP contribution in [0.25, 0.3) is 5.69 Å². The van der Waals surface area contributed by atoms with Crippen LogP contribution in [0.5, 0.6) is 0 Å². The van der Waals surface area contributed by atoms with E-state index in [1.165, 1.54) is 0 Å². The fourth-order valence-electron chi connectivity index (χ4n) is 1.65. The molecule has 1 atom stereocenters. The van der Waals surface area contributed by atoms with E-state index in [1.54, 1.807) is 17.7 Å². The van der Waals surface area contributed by atoms with Gasteiger partial charge in [-0.05, 0) is 26.0 Å². The van der Waals surface area contributed by atoms with E-state index in [4.69, 9.17) is 11.6 Å². The maximum absolute atomic E-state index is 9.70. The first-order chi connectivity index (χ1) is 7.59. The lowest BCUT2D eigenvalue weighted by Gasteiger charge is -2.13. The summed E-state index contributed by atoms with van der Waals surface area (Å²) in [6.45, 7) is 3.63. The first kappa shape index (κ1) is 11.2. The molecule has 0 amide bonds. The standard InChI is InChI=1S/C12H13ClN2O/c1-8-6-7-15(14-8)12-10(9(2)16)4-3-5-11(12)13/h3-7,9,16H,1-2H3/t9-/m0/s1. The molecule has 1 aromatic heterocycles. The minimum Gasteiger partial charge on any atom is -0.389 e. The summed E-state index contributed by atoms with van der Waals surface area (Å²) in [6, 6.07) is 7.36. The van der Waals surface area contributed by atoms with Crippen molar-refractivity contribution in [3.05, 3.63) is 46.7 Å². The normalized spacial score (nSPS) is 12.8. The number of aryl methyl sites for hydroxylation is 1. The van der Waals surface area contributed by atoms with Crippen LogP contribution in [-0.2, 0) is 0 Å². The van der Waals surface area contributed by atoms with Gasteiger partial charge in [-0.1, -0.05) is 23.7 Å². The summed E-state index contributed by atoms with van der Waals surface area (Å²) < 4.78 is 1.69. The number of hydrogen-bond donors (Lipinski definition) is 1. The van der Waals surface area contributed by atoms with Crippen LogP contribution in [0.4, 0.5) is 0 Å². The van der Waals surface area contributed by atoms with Crippen LogP contribution in [0, 0.1) is 6.92 Å². The Morgan fingerprint density at radius 1 is 1.38 bits per heavy atom. The summed E-state index contributed by atoms with van der Waals surface area (Å²) in [7, 11) is 0. The van der Waals surface area contributed by atoms with Crippen LogP contribution in [0.15, 0.2) is 30.5 Å². The van der Waals surface area contributed by atoms with Crippen LogP contribution in [-0.4, -0.2) is 14.9 Å². The average molecular weight is 237 g/mol. The minimum atomic E-state index is -0.571. The molecule has 0 aliphatic heterocycles. The van der Waals surface area contributed by atoms with Crippen molar-refractivity contribution >= 4 is 11.6 Å². The summed E-state index contributed by atoms with van der Waals surface area (Å²) in [6.07, 6.45) is 1.26. The Bertz CT molecular complexity index is 505. The van der Waals surface area contributed by atoms with Crippen LogP contribution in [0.3, 0.4) is 0 Å². The van der Waals surface area contributed by atoms with Crippen molar-refractivity contribution in [1.82, 2.24) is 9.78 Å². The fourth-order valence-corrected chi connectivity index (χ4v) is 1.92. The number of aliphatic hydroxyl groups is 1. The molecule has 16 heavy (non-hydrogen) atoms. The molecule has 0 unspecified atom stereocenters. The van der Waals surface area contributed by atoms with E-state index in [-0.39, 0.29) is 0 Å². The molecule has 0 spiro atoms. The Balaban J connectivity index is 2.62. The molecule has 1 N–H and O–H groups in total. The monoisotopic (exact) mass is 236 g/mol. The second kappa shape index (κ2) is 4.28. The van der Waals surface area contributed by atoms with Crippen molar-refractivity contribution in [2.45, 2.75) is 20.0 Å². The quantitative estimate of drug-likeness (QED) is 0.871. The van der Waals surface area contributed by atoms with Gasteiger partial charge in [-0.15, -0.1) is 0 Å². The lowest BCUT2D eigenvalue weighted by atomic mass is 10.1. The van der Waals surface area contributed by atoms with Gasteiger partial charge in [-0.2, -0.15) is 5.10 Å². The number of nitrogens with zero attached hydrogens (tertiary/aromatic N) is 2. The topological polar surface area (TPSA) is 38.0 Å². The van der Waals surface area contributed by atoms with Gasteiger partial charge in [-0.25, -0.2) is 4.68 Å². The van der Waals surface area contributed by atoms with E-state index in [9.17, 15) is 5.11 Å². The van der Waals surface area contributed by atoms with Crippen molar-refractivity contribution < 1.29 is 5.11 Å². The van der Waals surface area contributed by atoms with Gasteiger partial charge in [0.05, 0.1) is 22.5 Å². The van der Waals surface area contributed by atoms with Gasteiger partial charge >= 0.3 is 0 Å². The van der Waals surface area contributed by atoms with Crippen molar-refractivity contribution in [1.29, 1.82) is 0 Å². The van der Waals surface area contributed by atoms with Gasteiger partial charge < -0.3 is 5.11 Å². The van der Waals surface area contributed by atoms with Gasteiger partial charge in [0.15, 0.2) is 0 Å². The zero-order valence-corrected chi connectivity index (χ0v) is 9.94. The summed E-state index contributed by atoms with van der Waals surface area (Å²) in [4.78, 5) is 0. The predicted molar refractivity (Wildman–Crippen MR) is 63.9 cm³/mol. The summed E-state index contributed by atoms with van der Waals surface area (Å²) >= 11 is 6.15. The Hall–Kier alpha value is -1.32. The molecule has 0 fully saturated rings. The molecule has 4 heteroatoms. The number of hydrogen-bond acceptors (Lipinski definition) is 2. The molecule has 0 saturated heterocycles. The van der Waals surface area contributed by atoms with Crippen molar-refractivity contribution in [2.75, 3.05) is 0 Å². The van der Waals surface area contributed by atoms with Gasteiger partial charge in [0, 0.05) is 11.8 Å². The highest BCUT2D eigenvalue weighted by Crippen LogP contribution is 2.28. The van der Waals surface area contributed by atoms with Crippen molar-refractivity contribution in [3.63, 3.8) is 0 Å². The predicted octanol–water partition coefficient (Wildman–Crippen LogP) is 2.89. The van der Waals surface area contributed by atoms with E-state index in [1.807, 2.05) is 31.3 Å². The number of aromatic nitrogens is 2. The average Bonchev–Trinajstić information content (AvgIpc) is 2.64. The molecule has 0 aliphatic rings. The fraction of sp³-hybridized carbons (Fsp3) is 0.250. The molecule has 84 valence electrons. The summed E-state index contributed by atoms with van der Waals surface area (Å²) in [5.41, 5.74) is 2.43. The van der Waals surface area contributed by atoms with Crippen molar-refractivity contribution in [3.8, 4) is 5.69 Å². The number of aliphatic hydroxyl groups excluding tert-OH is 1. The highest BCUT2D eigenvalue weighted by Gasteiger charge is 2.13. The third kappa shape index (κ3) is 1.96. The Labute approximate surface area is 99.3 Å². The highest BCUT2D eigenvalue weighted by molar-refractivity contribution is 6.32. The van der Waals surface area contributed by atoms with E-state index in [0.717, 1.165) is 16.9 Å². The Morgan fingerprint density at radius 2 is 2.12 bits per heavy atom. The van der Waals surface area contributed by atoms with Gasteiger partial charge in [0.1, 0.15) is 0 Å². The van der Waals surface area contributed by atoms with E-state index >= 15 is 0 Å². The smallest absolute Gasteiger partial charge is 0.0889 e. The van der Waals surface area contributed by atoms with Crippen molar-refractivity contribution in [2.24, 2.45) is 0 Å². The van der Waals surface area contributed by atoms with E-state index in [0.29, 0.717) is 5.02 Å². The lowest BCUT2D eigenvalue weighted by molar-refractivity contribution is 0.199. The van der Waals surface area contributed by atoms with E-state index in [2.05, 4.69) is 5.10 Å². The first-order valence-corrected chi connectivity index (χ1v) is 5.46. The molecular weight excluding hydrogens is 224 g/mol. The third-order valence-electron chi connectivity index (χ3n) is 2.42. The second-order valence-electron chi connectivity index (χ2n) is 3.76. The molecule has 0 saturated carbocycles. The molecule has 0 radical (unpaired) electrons. The molecule has 3 nitrogen and oxygen atoms in total. The molecular formula is C12H13ClN2O. The number of para-hydroxylation sites is 1. The molecule has 2 rings (SSSR count). The zero-order valence-electron chi connectivity index (χ0n) is 9.18. The molecule has 1 aromatic carbocycles. The minimum absolute atomic E-state index is 0.571. The maximum atomic E-state index is 9.70. The molecule has 1 heterocycles. The van der Waals surface area contributed by atoms with Crippen LogP contribution < -0.4 is 0 Å². The number of halogens is 1. The van der Waals surface area contributed by atoms with Gasteiger partial charge in [-0.3, -0.25) is 0 Å². The lowest BCUT2D eigenvalue weighted by Crippen LogP contribution is -2.04. The number of rotatable bonds is 2. The van der Waals surface area contributed by atoms with Crippen LogP contribution in [0.1, 0.15) is 24.3 Å². The second-order valence-corrected chi connectivity index (χ2v) is 4.16. The molecule has 0 aliphatic carbocycles. The third-order valence-corrected chi connectivity index (χ3v) is 2.72. The molecule has 0 bridgehead atoms. The van der Waals surface area contributed by atoms with Crippen LogP contribution in [0.2, 0.25) is 5.02 Å². The summed E-state index contributed by atoms with van der Waals surface area (Å²) in [5, 5.41) is 14.6.